The molecular formula is C16H22ClN3O. The minimum absolute atomic E-state index is 0.736. The number of likely N-dealkylation sites (tertiary alicyclic amines) is 1. The maximum Gasteiger partial charge on any atom is 0.127 e. The fourth-order valence-corrected chi connectivity index (χ4v) is 3.92. The van der Waals surface area contributed by atoms with Crippen molar-refractivity contribution in [1.82, 2.24) is 15.1 Å². The molecule has 0 radical (unpaired) electrons. The molecule has 3 aliphatic rings. The number of rotatable bonds is 3. The summed E-state index contributed by atoms with van der Waals surface area (Å²) in [6.45, 7) is 8.74. The summed E-state index contributed by atoms with van der Waals surface area (Å²) in [5, 5.41) is 4.26. The summed E-state index contributed by atoms with van der Waals surface area (Å²) >= 11 is 6.23. The van der Waals surface area contributed by atoms with Gasteiger partial charge in [-0.3, -0.25) is 9.80 Å². The van der Waals surface area contributed by atoms with Gasteiger partial charge in [-0.2, -0.15) is 0 Å². The van der Waals surface area contributed by atoms with E-state index in [0.717, 1.165) is 49.5 Å². The zero-order valence-corrected chi connectivity index (χ0v) is 13.0. The minimum Gasteiger partial charge on any atom is -0.493 e. The van der Waals surface area contributed by atoms with E-state index in [1.165, 1.54) is 37.3 Å². The first-order chi connectivity index (χ1) is 10.3. The number of hydrogen-bond acceptors (Lipinski definition) is 4. The monoisotopic (exact) mass is 307 g/mol. The number of fused-ring (bicyclic) bond motifs is 1. The molecule has 3 aliphatic heterocycles. The highest BCUT2D eigenvalue weighted by Crippen LogP contribution is 2.34. The molecule has 1 N–H and O–H groups in total. The van der Waals surface area contributed by atoms with Gasteiger partial charge in [0.05, 0.1) is 6.61 Å². The van der Waals surface area contributed by atoms with Crippen LogP contribution in [0.25, 0.3) is 0 Å². The van der Waals surface area contributed by atoms with Gasteiger partial charge < -0.3 is 10.1 Å². The number of hydrogen-bond donors (Lipinski definition) is 1. The zero-order chi connectivity index (χ0) is 14.2. The van der Waals surface area contributed by atoms with E-state index in [4.69, 9.17) is 16.3 Å². The van der Waals surface area contributed by atoms with Crippen molar-refractivity contribution in [3.8, 4) is 5.75 Å². The first-order valence-corrected chi connectivity index (χ1v) is 8.28. The van der Waals surface area contributed by atoms with Gasteiger partial charge in [0.15, 0.2) is 0 Å². The van der Waals surface area contributed by atoms with Crippen LogP contribution in [0.15, 0.2) is 12.1 Å². The normalized spacial score (nSPS) is 23.7. The van der Waals surface area contributed by atoms with Gasteiger partial charge in [0.25, 0.3) is 0 Å². The Hall–Kier alpha value is -0.810. The molecule has 0 unspecified atom stereocenters. The standard InChI is InChI=1S/C16H22ClN3O/c17-14-7-12-1-6-21-16(12)13(8-14)9-19-10-15(11-19)20-4-2-18-3-5-20/h7-8,15,18H,1-6,9-11H2. The van der Waals surface area contributed by atoms with Crippen LogP contribution in [0.3, 0.4) is 0 Å². The van der Waals surface area contributed by atoms with Crippen LogP contribution in [-0.2, 0) is 13.0 Å². The Kier molecular flexibility index (Phi) is 3.79. The molecule has 1 aromatic rings. The maximum atomic E-state index is 6.23. The summed E-state index contributed by atoms with van der Waals surface area (Å²) in [6, 6.07) is 4.86. The quantitative estimate of drug-likeness (QED) is 0.913. The zero-order valence-electron chi connectivity index (χ0n) is 12.3. The fourth-order valence-electron chi connectivity index (χ4n) is 3.65. The minimum atomic E-state index is 0.736. The van der Waals surface area contributed by atoms with E-state index < -0.39 is 0 Å². The summed E-state index contributed by atoms with van der Waals surface area (Å²) in [5.74, 6) is 1.09. The van der Waals surface area contributed by atoms with Crippen LogP contribution in [-0.4, -0.2) is 61.7 Å². The number of halogens is 1. The molecule has 4 nitrogen and oxygen atoms in total. The molecule has 21 heavy (non-hydrogen) atoms. The molecule has 3 heterocycles. The molecule has 0 aromatic heterocycles. The van der Waals surface area contributed by atoms with E-state index in [1.54, 1.807) is 0 Å². The molecule has 2 saturated heterocycles. The van der Waals surface area contributed by atoms with Crippen molar-refractivity contribution in [3.63, 3.8) is 0 Å². The molecule has 0 spiro atoms. The lowest BCUT2D eigenvalue weighted by Crippen LogP contribution is -2.62. The van der Waals surface area contributed by atoms with Crippen LogP contribution >= 0.6 is 11.6 Å². The smallest absolute Gasteiger partial charge is 0.127 e. The van der Waals surface area contributed by atoms with Gasteiger partial charge >= 0.3 is 0 Å². The van der Waals surface area contributed by atoms with E-state index >= 15 is 0 Å². The first kappa shape index (κ1) is 13.8. The van der Waals surface area contributed by atoms with Crippen LogP contribution in [0.5, 0.6) is 5.75 Å². The van der Waals surface area contributed by atoms with Crippen LogP contribution < -0.4 is 10.1 Å². The largest absolute Gasteiger partial charge is 0.493 e. The van der Waals surface area contributed by atoms with Gasteiger partial charge in [-0.1, -0.05) is 11.6 Å². The van der Waals surface area contributed by atoms with Gasteiger partial charge in [0, 0.05) is 68.9 Å². The molecule has 2 fully saturated rings. The Morgan fingerprint density at radius 1 is 1.24 bits per heavy atom. The number of nitrogens with zero attached hydrogens (tertiary/aromatic N) is 2. The lowest BCUT2D eigenvalue weighted by Gasteiger charge is -2.47. The Labute approximate surface area is 131 Å². The summed E-state index contributed by atoms with van der Waals surface area (Å²) in [7, 11) is 0. The molecule has 4 rings (SSSR count). The molecule has 5 heteroatoms. The summed E-state index contributed by atoms with van der Waals surface area (Å²) in [6.07, 6.45) is 0.992. The van der Waals surface area contributed by atoms with E-state index in [0.29, 0.717) is 0 Å². The van der Waals surface area contributed by atoms with Gasteiger partial charge in [-0.05, 0) is 17.7 Å². The second kappa shape index (κ2) is 5.76. The van der Waals surface area contributed by atoms with E-state index in [9.17, 15) is 0 Å². The summed E-state index contributed by atoms with van der Waals surface area (Å²) in [5.41, 5.74) is 2.53. The van der Waals surface area contributed by atoms with Crippen LogP contribution in [0.2, 0.25) is 5.02 Å². The molecule has 1 aromatic carbocycles. The Balaban J connectivity index is 1.38. The highest BCUT2D eigenvalue weighted by atomic mass is 35.5. The van der Waals surface area contributed by atoms with Crippen molar-refractivity contribution in [1.29, 1.82) is 0 Å². The van der Waals surface area contributed by atoms with Gasteiger partial charge in [-0.15, -0.1) is 0 Å². The van der Waals surface area contributed by atoms with Crippen LogP contribution in [0.4, 0.5) is 0 Å². The number of ether oxygens (including phenoxy) is 1. The number of nitrogens with one attached hydrogen (secondary N) is 1. The Bertz CT molecular complexity index is 524. The van der Waals surface area contributed by atoms with Crippen LogP contribution in [0, 0.1) is 0 Å². The topological polar surface area (TPSA) is 27.7 Å². The van der Waals surface area contributed by atoms with Gasteiger partial charge in [-0.25, -0.2) is 0 Å². The SMILES string of the molecule is Clc1cc2c(c(CN3CC(N4CCNCC4)C3)c1)OCC2. The van der Waals surface area contributed by atoms with Crippen molar-refractivity contribution < 1.29 is 4.74 Å². The first-order valence-electron chi connectivity index (χ1n) is 7.91. The molecule has 0 bridgehead atoms. The van der Waals surface area contributed by atoms with Crippen molar-refractivity contribution in [2.24, 2.45) is 0 Å². The average molecular weight is 308 g/mol. The summed E-state index contributed by atoms with van der Waals surface area (Å²) in [4.78, 5) is 5.12. The van der Waals surface area contributed by atoms with Gasteiger partial charge in [0.1, 0.15) is 5.75 Å². The van der Waals surface area contributed by atoms with Crippen LogP contribution in [0.1, 0.15) is 11.1 Å². The third-order valence-electron chi connectivity index (χ3n) is 4.83. The van der Waals surface area contributed by atoms with E-state index in [1.807, 2.05) is 6.07 Å². The highest BCUT2D eigenvalue weighted by Gasteiger charge is 2.33. The highest BCUT2D eigenvalue weighted by molar-refractivity contribution is 6.30. The predicted octanol–water partition coefficient (Wildman–Crippen LogP) is 1.36. The third-order valence-corrected chi connectivity index (χ3v) is 5.04. The molecule has 0 atom stereocenters. The summed E-state index contributed by atoms with van der Waals surface area (Å²) < 4.78 is 5.79. The Morgan fingerprint density at radius 2 is 2.05 bits per heavy atom. The lowest BCUT2D eigenvalue weighted by atomic mass is 10.0. The second-order valence-corrected chi connectivity index (χ2v) is 6.72. The average Bonchev–Trinajstić information content (AvgIpc) is 2.91. The van der Waals surface area contributed by atoms with E-state index in [2.05, 4.69) is 21.2 Å². The van der Waals surface area contributed by atoms with Crippen molar-refractivity contribution in [2.45, 2.75) is 19.0 Å². The molecule has 114 valence electrons. The molecule has 0 amide bonds. The second-order valence-electron chi connectivity index (χ2n) is 6.29. The van der Waals surface area contributed by atoms with E-state index in [-0.39, 0.29) is 0 Å². The maximum absolute atomic E-state index is 6.23. The Morgan fingerprint density at radius 3 is 2.86 bits per heavy atom. The number of benzene rings is 1. The number of piperazine rings is 1. The van der Waals surface area contributed by atoms with Crippen molar-refractivity contribution >= 4 is 11.6 Å². The fraction of sp³-hybridized carbons (Fsp3) is 0.625. The predicted molar refractivity (Wildman–Crippen MR) is 84.2 cm³/mol. The van der Waals surface area contributed by atoms with Gasteiger partial charge in [0.2, 0.25) is 0 Å². The third kappa shape index (κ3) is 2.78. The molecule has 0 saturated carbocycles. The van der Waals surface area contributed by atoms with Crippen molar-refractivity contribution in [3.05, 3.63) is 28.3 Å². The molecular weight excluding hydrogens is 286 g/mol. The molecule has 0 aliphatic carbocycles. The van der Waals surface area contributed by atoms with Crippen molar-refractivity contribution in [2.75, 3.05) is 45.9 Å². The lowest BCUT2D eigenvalue weighted by molar-refractivity contribution is 0.0219.